The van der Waals surface area contributed by atoms with Crippen molar-refractivity contribution in [3.05, 3.63) is 0 Å². The van der Waals surface area contributed by atoms with Gasteiger partial charge in [0.05, 0.1) is 5.92 Å². The van der Waals surface area contributed by atoms with Crippen molar-refractivity contribution < 1.29 is 14.7 Å². The highest BCUT2D eigenvalue weighted by Crippen LogP contribution is 2.02. The van der Waals surface area contributed by atoms with Crippen LogP contribution < -0.4 is 11.1 Å². The first-order valence-electron chi connectivity index (χ1n) is 4.51. The fourth-order valence-electron chi connectivity index (χ4n) is 0.831. The Morgan fingerprint density at radius 2 is 2.00 bits per heavy atom. The minimum Gasteiger partial charge on any atom is -0.481 e. The second-order valence-electron chi connectivity index (χ2n) is 4.21. The van der Waals surface area contributed by atoms with E-state index >= 15 is 0 Å². The molecule has 1 amide bonds. The summed E-state index contributed by atoms with van der Waals surface area (Å²) in [4.78, 5) is 21.6. The van der Waals surface area contributed by atoms with Gasteiger partial charge < -0.3 is 16.2 Å². The summed E-state index contributed by atoms with van der Waals surface area (Å²) in [5.74, 6) is -1.71. The van der Waals surface area contributed by atoms with Gasteiger partial charge in [-0.1, -0.05) is 6.92 Å². The Bertz CT molecular complexity index is 221. The van der Waals surface area contributed by atoms with Crippen LogP contribution in [-0.4, -0.2) is 29.1 Å². The summed E-state index contributed by atoms with van der Waals surface area (Å²) in [6, 6.07) is 0. The van der Waals surface area contributed by atoms with Crippen molar-refractivity contribution in [1.82, 2.24) is 5.32 Å². The molecule has 1 unspecified atom stereocenters. The molecule has 0 aromatic rings. The summed E-state index contributed by atoms with van der Waals surface area (Å²) in [5, 5.41) is 11.1. The Morgan fingerprint density at radius 3 is 2.36 bits per heavy atom. The summed E-state index contributed by atoms with van der Waals surface area (Å²) in [6.07, 6.45) is 0.194. The zero-order chi connectivity index (χ0) is 11.4. The average molecular weight is 202 g/mol. The van der Waals surface area contributed by atoms with Gasteiger partial charge >= 0.3 is 5.97 Å². The largest absolute Gasteiger partial charge is 0.481 e. The molecule has 0 radical (unpaired) electrons. The number of nitrogens with one attached hydrogen (secondary N) is 1. The molecule has 0 bridgehead atoms. The number of carboxylic acid groups (broad SMARTS) is 1. The van der Waals surface area contributed by atoms with Crippen LogP contribution in [0.4, 0.5) is 0 Å². The van der Waals surface area contributed by atoms with Crippen LogP contribution in [0.25, 0.3) is 0 Å². The van der Waals surface area contributed by atoms with E-state index in [0.29, 0.717) is 0 Å². The van der Waals surface area contributed by atoms with Crippen molar-refractivity contribution in [3.63, 3.8) is 0 Å². The summed E-state index contributed by atoms with van der Waals surface area (Å²) in [7, 11) is 0. The van der Waals surface area contributed by atoms with E-state index < -0.39 is 17.4 Å². The second-order valence-corrected chi connectivity index (χ2v) is 4.21. The number of nitrogens with two attached hydrogens (primary N) is 1. The van der Waals surface area contributed by atoms with E-state index in [4.69, 9.17) is 10.8 Å². The van der Waals surface area contributed by atoms with Gasteiger partial charge in [-0.3, -0.25) is 9.59 Å². The maximum atomic E-state index is 11.2. The van der Waals surface area contributed by atoms with Crippen LogP contribution in [0.3, 0.4) is 0 Å². The SMILES string of the molecule is CC(CNC(=O)CC(C)(C)N)C(=O)O. The smallest absolute Gasteiger partial charge is 0.308 e. The van der Waals surface area contributed by atoms with Gasteiger partial charge in [0.1, 0.15) is 0 Å². The standard InChI is InChI=1S/C9H18N2O3/c1-6(8(13)14)5-11-7(12)4-9(2,3)10/h6H,4-5,10H2,1-3H3,(H,11,12)(H,13,14). The van der Waals surface area contributed by atoms with Gasteiger partial charge in [-0.2, -0.15) is 0 Å². The molecule has 4 N–H and O–H groups in total. The molecule has 0 saturated heterocycles. The van der Waals surface area contributed by atoms with Crippen molar-refractivity contribution in [2.45, 2.75) is 32.7 Å². The number of carbonyl (C=O) groups is 2. The number of carboxylic acids is 1. The van der Waals surface area contributed by atoms with Crippen LogP contribution in [0.1, 0.15) is 27.2 Å². The summed E-state index contributed by atoms with van der Waals surface area (Å²) in [6.45, 7) is 5.17. The third-order valence-electron chi connectivity index (χ3n) is 1.64. The van der Waals surface area contributed by atoms with Crippen molar-refractivity contribution in [3.8, 4) is 0 Å². The van der Waals surface area contributed by atoms with Crippen LogP contribution in [0.5, 0.6) is 0 Å². The van der Waals surface area contributed by atoms with Crippen molar-refractivity contribution in [2.75, 3.05) is 6.54 Å². The molecule has 0 saturated carbocycles. The third kappa shape index (κ3) is 6.42. The molecule has 0 aromatic heterocycles. The molecular formula is C9H18N2O3. The van der Waals surface area contributed by atoms with Crippen LogP contribution in [-0.2, 0) is 9.59 Å². The number of hydrogen-bond donors (Lipinski definition) is 3. The maximum absolute atomic E-state index is 11.2. The van der Waals surface area contributed by atoms with Crippen LogP contribution in [0.2, 0.25) is 0 Å². The molecule has 0 heterocycles. The molecule has 0 aromatic carbocycles. The van der Waals surface area contributed by atoms with Gasteiger partial charge in [0, 0.05) is 18.5 Å². The first-order valence-corrected chi connectivity index (χ1v) is 4.51. The van der Waals surface area contributed by atoms with E-state index in [1.807, 2.05) is 0 Å². The fourth-order valence-corrected chi connectivity index (χ4v) is 0.831. The number of aliphatic carboxylic acids is 1. The fraction of sp³-hybridized carbons (Fsp3) is 0.778. The first-order chi connectivity index (χ1) is 6.22. The van der Waals surface area contributed by atoms with Crippen LogP contribution in [0.15, 0.2) is 0 Å². The monoisotopic (exact) mass is 202 g/mol. The molecule has 0 rings (SSSR count). The minimum absolute atomic E-state index is 0.143. The lowest BCUT2D eigenvalue weighted by Crippen LogP contribution is -2.40. The van der Waals surface area contributed by atoms with Gasteiger partial charge in [0.2, 0.25) is 5.91 Å². The molecule has 1 atom stereocenters. The van der Waals surface area contributed by atoms with E-state index in [2.05, 4.69) is 5.32 Å². The summed E-state index contributed by atoms with van der Waals surface area (Å²) in [5.41, 5.74) is 5.07. The molecule has 0 aliphatic carbocycles. The number of rotatable bonds is 5. The van der Waals surface area contributed by atoms with Crippen LogP contribution >= 0.6 is 0 Å². The Labute approximate surface area is 83.7 Å². The zero-order valence-electron chi connectivity index (χ0n) is 8.83. The molecule has 82 valence electrons. The molecule has 5 nitrogen and oxygen atoms in total. The molecule has 0 aliphatic heterocycles. The highest BCUT2D eigenvalue weighted by Gasteiger charge is 2.17. The highest BCUT2D eigenvalue weighted by atomic mass is 16.4. The maximum Gasteiger partial charge on any atom is 0.308 e. The van der Waals surface area contributed by atoms with E-state index in [-0.39, 0.29) is 18.9 Å². The Hall–Kier alpha value is -1.10. The predicted octanol–water partition coefficient (Wildman–Crippen LogP) is -0.0493. The molecule has 5 heteroatoms. The molecule has 0 aliphatic rings. The predicted molar refractivity (Wildman–Crippen MR) is 52.7 cm³/mol. The van der Waals surface area contributed by atoms with Crippen molar-refractivity contribution >= 4 is 11.9 Å². The van der Waals surface area contributed by atoms with Crippen molar-refractivity contribution in [2.24, 2.45) is 11.7 Å². The van der Waals surface area contributed by atoms with Crippen molar-refractivity contribution in [1.29, 1.82) is 0 Å². The van der Waals surface area contributed by atoms with E-state index in [1.54, 1.807) is 13.8 Å². The Kier molecular flexibility index (Phi) is 4.56. The van der Waals surface area contributed by atoms with Gasteiger partial charge in [0.15, 0.2) is 0 Å². The number of amides is 1. The van der Waals surface area contributed by atoms with E-state index in [0.717, 1.165) is 0 Å². The van der Waals surface area contributed by atoms with E-state index in [9.17, 15) is 9.59 Å². The molecular weight excluding hydrogens is 184 g/mol. The van der Waals surface area contributed by atoms with Gasteiger partial charge in [-0.15, -0.1) is 0 Å². The van der Waals surface area contributed by atoms with Crippen LogP contribution in [0, 0.1) is 5.92 Å². The minimum atomic E-state index is -0.919. The van der Waals surface area contributed by atoms with E-state index in [1.165, 1.54) is 6.92 Å². The second kappa shape index (κ2) is 4.95. The Balaban J connectivity index is 3.81. The summed E-state index contributed by atoms with van der Waals surface area (Å²) < 4.78 is 0. The molecule has 0 fully saturated rings. The van der Waals surface area contributed by atoms with Gasteiger partial charge in [-0.25, -0.2) is 0 Å². The quantitative estimate of drug-likeness (QED) is 0.582. The zero-order valence-corrected chi connectivity index (χ0v) is 8.83. The Morgan fingerprint density at radius 1 is 1.50 bits per heavy atom. The van der Waals surface area contributed by atoms with Gasteiger partial charge in [0.25, 0.3) is 0 Å². The first kappa shape index (κ1) is 12.9. The van der Waals surface area contributed by atoms with Gasteiger partial charge in [-0.05, 0) is 13.8 Å². The number of carbonyl (C=O) groups excluding carboxylic acids is 1. The highest BCUT2D eigenvalue weighted by molar-refractivity contribution is 5.78. The normalized spacial score (nSPS) is 13.4. The molecule has 14 heavy (non-hydrogen) atoms. The topological polar surface area (TPSA) is 92.4 Å². The third-order valence-corrected chi connectivity index (χ3v) is 1.64. The summed E-state index contributed by atoms with van der Waals surface area (Å²) >= 11 is 0. The average Bonchev–Trinajstić information content (AvgIpc) is 1.96. The lowest BCUT2D eigenvalue weighted by atomic mass is 10.0. The lowest BCUT2D eigenvalue weighted by Gasteiger charge is -2.18. The lowest BCUT2D eigenvalue weighted by molar-refractivity contribution is -0.141. The molecule has 0 spiro atoms. The number of hydrogen-bond acceptors (Lipinski definition) is 3.